The Morgan fingerprint density at radius 2 is 1.55 bits per heavy atom. The van der Waals surface area contributed by atoms with E-state index in [2.05, 4.69) is 0 Å². The van der Waals surface area contributed by atoms with Crippen LogP contribution in [0.25, 0.3) is 0 Å². The van der Waals surface area contributed by atoms with Crippen molar-refractivity contribution in [3.05, 3.63) is 35.4 Å². The van der Waals surface area contributed by atoms with Crippen molar-refractivity contribution >= 4 is 17.7 Å². The van der Waals surface area contributed by atoms with Crippen LogP contribution in [0.4, 0.5) is 0 Å². The van der Waals surface area contributed by atoms with E-state index >= 15 is 0 Å². The number of imide groups is 1. The normalized spacial score (nSPS) is 18.7. The van der Waals surface area contributed by atoms with Gasteiger partial charge in [0.15, 0.2) is 0 Å². The molecule has 0 bridgehead atoms. The fourth-order valence-electron chi connectivity index (χ4n) is 2.76. The molecular weight excluding hydrogens is 256 g/mol. The monoisotopic (exact) mass is 272 g/mol. The van der Waals surface area contributed by atoms with Gasteiger partial charge < -0.3 is 4.90 Å². The van der Waals surface area contributed by atoms with Gasteiger partial charge in [-0.05, 0) is 25.0 Å². The first-order valence-corrected chi connectivity index (χ1v) is 6.91. The lowest BCUT2D eigenvalue weighted by atomic mass is 10.1. The van der Waals surface area contributed by atoms with Crippen LogP contribution in [0.1, 0.15) is 40.0 Å². The van der Waals surface area contributed by atoms with E-state index in [0.717, 1.165) is 19.4 Å². The molecule has 5 nitrogen and oxygen atoms in total. The van der Waals surface area contributed by atoms with Gasteiger partial charge in [-0.1, -0.05) is 12.1 Å². The minimum absolute atomic E-state index is 0.118. The molecular formula is C15H16N2O3. The van der Waals surface area contributed by atoms with Gasteiger partial charge in [0.2, 0.25) is 5.91 Å². The number of nitrogens with zero attached hydrogens (tertiary/aromatic N) is 2. The van der Waals surface area contributed by atoms with Gasteiger partial charge >= 0.3 is 0 Å². The molecule has 1 fully saturated rings. The maximum Gasteiger partial charge on any atom is 0.261 e. The Bertz CT molecular complexity index is 547. The summed E-state index contributed by atoms with van der Waals surface area (Å²) in [6.07, 6.45) is 2.50. The van der Waals surface area contributed by atoms with Crippen molar-refractivity contribution in [3.8, 4) is 0 Å². The molecule has 20 heavy (non-hydrogen) atoms. The minimum atomic E-state index is -0.255. The van der Waals surface area contributed by atoms with Crippen LogP contribution in [0.3, 0.4) is 0 Å². The molecule has 3 amide bonds. The molecule has 0 unspecified atom stereocenters. The first kappa shape index (κ1) is 12.8. The molecule has 0 saturated carbocycles. The maximum atomic E-state index is 12.2. The number of hydrogen-bond acceptors (Lipinski definition) is 3. The first-order chi connectivity index (χ1) is 9.68. The van der Waals surface area contributed by atoms with Gasteiger partial charge in [-0.15, -0.1) is 0 Å². The Morgan fingerprint density at radius 1 is 0.900 bits per heavy atom. The number of carbonyl (C=O) groups excluding carboxylic acids is 3. The predicted molar refractivity (Wildman–Crippen MR) is 72.2 cm³/mol. The highest BCUT2D eigenvalue weighted by Crippen LogP contribution is 2.22. The number of rotatable bonds is 3. The average molecular weight is 272 g/mol. The molecule has 0 aliphatic carbocycles. The van der Waals surface area contributed by atoms with Crippen molar-refractivity contribution in [1.82, 2.24) is 9.80 Å². The highest BCUT2D eigenvalue weighted by atomic mass is 16.2. The highest BCUT2D eigenvalue weighted by Gasteiger charge is 2.35. The number of carbonyl (C=O) groups is 3. The summed E-state index contributed by atoms with van der Waals surface area (Å²) in [5.41, 5.74) is 0.921. The van der Waals surface area contributed by atoms with Crippen molar-refractivity contribution in [1.29, 1.82) is 0 Å². The Labute approximate surface area is 117 Å². The zero-order valence-electron chi connectivity index (χ0n) is 11.2. The van der Waals surface area contributed by atoms with Crippen LogP contribution in [-0.4, -0.2) is 47.2 Å². The van der Waals surface area contributed by atoms with Gasteiger partial charge in [-0.3, -0.25) is 19.3 Å². The molecule has 1 saturated heterocycles. The van der Waals surface area contributed by atoms with E-state index in [-0.39, 0.29) is 24.3 Å². The molecule has 2 aliphatic heterocycles. The first-order valence-electron chi connectivity index (χ1n) is 6.91. The molecule has 0 radical (unpaired) electrons. The summed E-state index contributed by atoms with van der Waals surface area (Å²) in [6.45, 7) is 1.43. The van der Waals surface area contributed by atoms with Crippen molar-refractivity contribution in [2.45, 2.75) is 19.3 Å². The van der Waals surface area contributed by atoms with Crippen LogP contribution in [-0.2, 0) is 4.79 Å². The van der Waals surface area contributed by atoms with Crippen molar-refractivity contribution < 1.29 is 14.4 Å². The zero-order valence-corrected chi connectivity index (χ0v) is 11.2. The lowest BCUT2D eigenvalue weighted by Gasteiger charge is -2.28. The lowest BCUT2D eigenvalue weighted by molar-refractivity contribution is -0.133. The minimum Gasteiger partial charge on any atom is -0.341 e. The Kier molecular flexibility index (Phi) is 3.26. The van der Waals surface area contributed by atoms with Crippen LogP contribution in [0.15, 0.2) is 24.3 Å². The highest BCUT2D eigenvalue weighted by molar-refractivity contribution is 6.21. The summed E-state index contributed by atoms with van der Waals surface area (Å²) in [5.74, 6) is -0.391. The number of benzene rings is 1. The number of hydrogen-bond donors (Lipinski definition) is 0. The van der Waals surface area contributed by atoms with E-state index in [1.807, 2.05) is 0 Å². The van der Waals surface area contributed by atoms with Crippen LogP contribution < -0.4 is 0 Å². The van der Waals surface area contributed by atoms with Gasteiger partial charge in [-0.2, -0.15) is 0 Å². The summed E-state index contributed by atoms with van der Waals surface area (Å²) in [6, 6.07) is 6.84. The molecule has 2 heterocycles. The maximum absolute atomic E-state index is 12.2. The number of amides is 3. The molecule has 104 valence electrons. The van der Waals surface area contributed by atoms with Crippen LogP contribution >= 0.6 is 0 Å². The van der Waals surface area contributed by atoms with E-state index in [1.54, 1.807) is 29.2 Å². The SMILES string of the molecule is O=C1CCCCN1CCN1C(=O)c2ccccc2C1=O. The van der Waals surface area contributed by atoms with Crippen LogP contribution in [0.5, 0.6) is 0 Å². The third kappa shape index (κ3) is 2.09. The van der Waals surface area contributed by atoms with Crippen molar-refractivity contribution in [2.75, 3.05) is 19.6 Å². The second kappa shape index (κ2) is 5.07. The Balaban J connectivity index is 1.69. The fourth-order valence-corrected chi connectivity index (χ4v) is 2.76. The summed E-state index contributed by atoms with van der Waals surface area (Å²) < 4.78 is 0. The van der Waals surface area contributed by atoms with E-state index < -0.39 is 0 Å². The van der Waals surface area contributed by atoms with Crippen molar-refractivity contribution in [3.63, 3.8) is 0 Å². The van der Waals surface area contributed by atoms with Gasteiger partial charge in [0.1, 0.15) is 0 Å². The summed E-state index contributed by atoms with van der Waals surface area (Å²) >= 11 is 0. The standard InChI is InChI=1S/C15H16N2O3/c18-13-7-3-4-8-16(13)9-10-17-14(19)11-5-1-2-6-12(11)15(17)20/h1-2,5-6H,3-4,7-10H2. The summed E-state index contributed by atoms with van der Waals surface area (Å²) in [4.78, 5) is 39.0. The number of likely N-dealkylation sites (tertiary alicyclic amines) is 1. The van der Waals surface area contributed by atoms with E-state index in [0.29, 0.717) is 24.1 Å². The smallest absolute Gasteiger partial charge is 0.261 e. The molecule has 2 aliphatic rings. The van der Waals surface area contributed by atoms with Crippen LogP contribution in [0, 0.1) is 0 Å². The van der Waals surface area contributed by atoms with Crippen LogP contribution in [0.2, 0.25) is 0 Å². The van der Waals surface area contributed by atoms with Gasteiger partial charge in [-0.25, -0.2) is 0 Å². The molecule has 0 N–H and O–H groups in total. The van der Waals surface area contributed by atoms with Crippen molar-refractivity contribution in [2.24, 2.45) is 0 Å². The van der Waals surface area contributed by atoms with E-state index in [9.17, 15) is 14.4 Å². The average Bonchev–Trinajstić information content (AvgIpc) is 2.71. The third-order valence-electron chi connectivity index (χ3n) is 3.89. The quantitative estimate of drug-likeness (QED) is 0.779. The molecule has 5 heteroatoms. The van der Waals surface area contributed by atoms with Gasteiger partial charge in [0.25, 0.3) is 11.8 Å². The summed E-state index contributed by atoms with van der Waals surface area (Å²) in [7, 11) is 0. The number of fused-ring (bicyclic) bond motifs is 1. The van der Waals surface area contributed by atoms with Gasteiger partial charge in [0.05, 0.1) is 11.1 Å². The molecule has 1 aromatic rings. The Hall–Kier alpha value is -2.17. The molecule has 0 atom stereocenters. The molecule has 0 aromatic heterocycles. The molecule has 1 aromatic carbocycles. The third-order valence-corrected chi connectivity index (χ3v) is 3.89. The Morgan fingerprint density at radius 3 is 2.15 bits per heavy atom. The van der Waals surface area contributed by atoms with E-state index in [1.165, 1.54) is 4.90 Å². The molecule has 3 rings (SSSR count). The second-order valence-electron chi connectivity index (χ2n) is 5.15. The summed E-state index contributed by atoms with van der Waals surface area (Å²) in [5, 5.41) is 0. The molecule has 0 spiro atoms. The topological polar surface area (TPSA) is 57.7 Å². The fraction of sp³-hybridized carbons (Fsp3) is 0.400. The second-order valence-corrected chi connectivity index (χ2v) is 5.15. The van der Waals surface area contributed by atoms with Gasteiger partial charge in [0, 0.05) is 26.1 Å². The zero-order chi connectivity index (χ0) is 14.1. The largest absolute Gasteiger partial charge is 0.341 e. The number of piperidine rings is 1. The van der Waals surface area contributed by atoms with E-state index in [4.69, 9.17) is 0 Å². The lowest BCUT2D eigenvalue weighted by Crippen LogP contribution is -2.42. The predicted octanol–water partition coefficient (Wildman–Crippen LogP) is 1.30.